The summed E-state index contributed by atoms with van der Waals surface area (Å²) in [6.07, 6.45) is 10.5. The number of aromatic nitrogens is 2. The van der Waals surface area contributed by atoms with Gasteiger partial charge in [0.05, 0.1) is 41.3 Å². The zero-order valence-electron chi connectivity index (χ0n) is 15.4. The Morgan fingerprint density at radius 2 is 2.07 bits per heavy atom. The van der Waals surface area contributed by atoms with Gasteiger partial charge in [0.25, 0.3) is 0 Å². The lowest BCUT2D eigenvalue weighted by Crippen LogP contribution is -2.56. The molecule has 27 heavy (non-hydrogen) atoms. The Kier molecular flexibility index (Phi) is 5.39. The fourth-order valence-corrected chi connectivity index (χ4v) is 4.74. The summed E-state index contributed by atoms with van der Waals surface area (Å²) in [6.45, 7) is 1.37. The second kappa shape index (κ2) is 7.78. The van der Waals surface area contributed by atoms with Gasteiger partial charge in [0.2, 0.25) is 5.91 Å². The highest BCUT2D eigenvalue weighted by Gasteiger charge is 2.51. The zero-order chi connectivity index (χ0) is 18.9. The molecule has 1 saturated heterocycles. The molecule has 0 aromatic carbocycles. The number of fused-ring (bicyclic) bond motifs is 1. The molecular weight excluding hydrogens is 366 g/mol. The van der Waals surface area contributed by atoms with Crippen molar-refractivity contribution in [2.45, 2.75) is 45.1 Å². The number of hydrogen-bond acceptors (Lipinski definition) is 4. The van der Waals surface area contributed by atoms with E-state index in [0.717, 1.165) is 18.2 Å². The van der Waals surface area contributed by atoms with E-state index in [-0.39, 0.29) is 12.5 Å². The molecule has 1 aliphatic carbocycles. The van der Waals surface area contributed by atoms with E-state index in [1.54, 1.807) is 12.3 Å². The van der Waals surface area contributed by atoms with E-state index in [2.05, 4.69) is 10.3 Å². The van der Waals surface area contributed by atoms with Crippen molar-refractivity contribution in [3.05, 3.63) is 23.5 Å². The largest absolute Gasteiger partial charge is 0.395 e. The molecule has 2 N–H and O–H groups in total. The summed E-state index contributed by atoms with van der Waals surface area (Å²) in [7, 11) is 0. The topological polar surface area (TPSA) is 76.4 Å². The maximum atomic E-state index is 13.3. The lowest BCUT2D eigenvalue weighted by Gasteiger charge is -2.45. The third kappa shape index (κ3) is 3.35. The number of nitrogens with one attached hydrogen (secondary N) is 1. The van der Waals surface area contributed by atoms with Crippen LogP contribution >= 0.6 is 11.6 Å². The van der Waals surface area contributed by atoms with Crippen LogP contribution in [0.1, 0.15) is 38.5 Å². The number of aliphatic hydroxyl groups is 1. The summed E-state index contributed by atoms with van der Waals surface area (Å²) >= 11 is 6.40. The molecule has 0 radical (unpaired) electrons. The van der Waals surface area contributed by atoms with Crippen LogP contribution in [-0.2, 0) is 16.1 Å². The van der Waals surface area contributed by atoms with Crippen LogP contribution in [0.2, 0.25) is 5.02 Å². The molecule has 0 spiro atoms. The summed E-state index contributed by atoms with van der Waals surface area (Å²) in [5.41, 5.74) is 0.881. The fourth-order valence-electron chi connectivity index (χ4n) is 4.50. The quantitative estimate of drug-likeness (QED) is 0.763. The average Bonchev–Trinajstić information content (AvgIpc) is 2.79. The molecule has 1 amide bonds. The second-order valence-corrected chi connectivity index (χ2v) is 8.15. The molecule has 0 atom stereocenters. The second-order valence-electron chi connectivity index (χ2n) is 7.74. The normalized spacial score (nSPS) is 20.2. The standard InChI is InChI=1S/C20H26ClN3O3/c21-15-7-8-22-18-17(15)16(11-24(18)9-10-25)23-19(26)20(12-27-13-20)14-5-3-1-2-4-6-14/h7-8,11,14,25H,1-6,9-10,12-13H2,(H,23,26). The molecule has 6 nitrogen and oxygen atoms in total. The molecule has 0 unspecified atom stereocenters. The summed E-state index contributed by atoms with van der Waals surface area (Å²) in [4.78, 5) is 17.7. The molecule has 2 aliphatic rings. The van der Waals surface area contributed by atoms with Crippen LogP contribution in [-0.4, -0.2) is 40.4 Å². The Morgan fingerprint density at radius 3 is 2.70 bits per heavy atom. The molecule has 3 heterocycles. The highest BCUT2D eigenvalue weighted by Crippen LogP contribution is 2.44. The molecule has 0 bridgehead atoms. The minimum absolute atomic E-state index is 0.00872. The number of carbonyl (C=O) groups is 1. The number of anilines is 1. The smallest absolute Gasteiger partial charge is 0.235 e. The molecule has 2 aromatic heterocycles. The zero-order valence-corrected chi connectivity index (χ0v) is 16.2. The highest BCUT2D eigenvalue weighted by molar-refractivity contribution is 6.36. The first-order valence-corrected chi connectivity index (χ1v) is 10.2. The number of pyridine rings is 1. The Balaban J connectivity index is 1.64. The van der Waals surface area contributed by atoms with E-state index in [1.807, 2.05) is 10.8 Å². The van der Waals surface area contributed by atoms with Crippen molar-refractivity contribution in [1.82, 2.24) is 9.55 Å². The van der Waals surface area contributed by atoms with Gasteiger partial charge in [-0.3, -0.25) is 4.79 Å². The van der Waals surface area contributed by atoms with Gasteiger partial charge in [-0.25, -0.2) is 4.98 Å². The summed E-state index contributed by atoms with van der Waals surface area (Å²) in [5.74, 6) is 0.386. The Bertz CT molecular complexity index is 823. The fraction of sp³-hybridized carbons (Fsp3) is 0.600. The van der Waals surface area contributed by atoms with Crippen molar-refractivity contribution in [2.24, 2.45) is 11.3 Å². The number of carbonyl (C=O) groups excluding carboxylic acids is 1. The number of aliphatic hydroxyl groups excluding tert-OH is 1. The van der Waals surface area contributed by atoms with Crippen LogP contribution < -0.4 is 5.32 Å². The van der Waals surface area contributed by atoms with E-state index in [0.29, 0.717) is 42.0 Å². The van der Waals surface area contributed by atoms with Crippen molar-refractivity contribution in [2.75, 3.05) is 25.1 Å². The highest BCUT2D eigenvalue weighted by atomic mass is 35.5. The molecular formula is C20H26ClN3O3. The Labute approximate surface area is 163 Å². The average molecular weight is 392 g/mol. The van der Waals surface area contributed by atoms with E-state index in [9.17, 15) is 9.90 Å². The van der Waals surface area contributed by atoms with Crippen molar-refractivity contribution < 1.29 is 14.6 Å². The van der Waals surface area contributed by atoms with Gasteiger partial charge in [-0.15, -0.1) is 0 Å². The predicted molar refractivity (Wildman–Crippen MR) is 105 cm³/mol. The van der Waals surface area contributed by atoms with Gasteiger partial charge in [-0.05, 0) is 24.8 Å². The molecule has 1 saturated carbocycles. The molecule has 7 heteroatoms. The molecule has 146 valence electrons. The van der Waals surface area contributed by atoms with Crippen molar-refractivity contribution in [3.8, 4) is 0 Å². The van der Waals surface area contributed by atoms with E-state index in [1.165, 1.54) is 25.7 Å². The van der Waals surface area contributed by atoms with E-state index in [4.69, 9.17) is 16.3 Å². The van der Waals surface area contributed by atoms with Crippen molar-refractivity contribution in [1.29, 1.82) is 0 Å². The van der Waals surface area contributed by atoms with E-state index >= 15 is 0 Å². The van der Waals surface area contributed by atoms with Crippen LogP contribution in [0.3, 0.4) is 0 Å². The molecule has 4 rings (SSSR count). The van der Waals surface area contributed by atoms with Crippen LogP contribution in [0.25, 0.3) is 11.0 Å². The van der Waals surface area contributed by atoms with Crippen molar-refractivity contribution >= 4 is 34.2 Å². The predicted octanol–water partition coefficient (Wildman–Crippen LogP) is 3.61. The van der Waals surface area contributed by atoms with Crippen LogP contribution in [0.4, 0.5) is 5.69 Å². The third-order valence-corrected chi connectivity index (χ3v) is 6.42. The maximum Gasteiger partial charge on any atom is 0.235 e. The number of nitrogens with zero attached hydrogens (tertiary/aromatic N) is 2. The number of halogens is 1. The van der Waals surface area contributed by atoms with Gasteiger partial charge in [-0.1, -0.05) is 37.3 Å². The van der Waals surface area contributed by atoms with Crippen LogP contribution in [0.5, 0.6) is 0 Å². The number of rotatable bonds is 5. The first-order chi connectivity index (χ1) is 13.2. The maximum absolute atomic E-state index is 13.3. The van der Waals surface area contributed by atoms with Gasteiger partial charge in [0.1, 0.15) is 5.65 Å². The Morgan fingerprint density at radius 1 is 1.33 bits per heavy atom. The lowest BCUT2D eigenvalue weighted by molar-refractivity contribution is -0.170. The first-order valence-electron chi connectivity index (χ1n) is 9.79. The first kappa shape index (κ1) is 18.7. The van der Waals surface area contributed by atoms with Gasteiger partial charge >= 0.3 is 0 Å². The van der Waals surface area contributed by atoms with Gasteiger partial charge in [0.15, 0.2) is 0 Å². The van der Waals surface area contributed by atoms with Gasteiger partial charge in [-0.2, -0.15) is 0 Å². The number of amides is 1. The number of hydrogen-bond donors (Lipinski definition) is 2. The summed E-state index contributed by atoms with van der Waals surface area (Å²) < 4.78 is 7.33. The molecule has 2 aromatic rings. The minimum Gasteiger partial charge on any atom is -0.395 e. The summed E-state index contributed by atoms with van der Waals surface area (Å²) in [5, 5.41) is 13.7. The van der Waals surface area contributed by atoms with Crippen LogP contribution in [0.15, 0.2) is 18.5 Å². The third-order valence-electron chi connectivity index (χ3n) is 6.10. The summed E-state index contributed by atoms with van der Waals surface area (Å²) in [6, 6.07) is 1.72. The monoisotopic (exact) mass is 391 g/mol. The Hall–Kier alpha value is -1.63. The minimum atomic E-state index is -0.440. The lowest BCUT2D eigenvalue weighted by atomic mass is 9.69. The van der Waals surface area contributed by atoms with E-state index < -0.39 is 5.41 Å². The number of ether oxygens (including phenoxy) is 1. The molecule has 2 fully saturated rings. The SMILES string of the molecule is O=C(Nc1cn(CCO)c2nccc(Cl)c12)C1(C2CCCCCC2)COC1. The van der Waals surface area contributed by atoms with Crippen molar-refractivity contribution in [3.63, 3.8) is 0 Å². The van der Waals surface area contributed by atoms with Gasteiger partial charge in [0, 0.05) is 18.9 Å². The van der Waals surface area contributed by atoms with Crippen LogP contribution in [0, 0.1) is 11.3 Å². The van der Waals surface area contributed by atoms with Gasteiger partial charge < -0.3 is 19.7 Å². The molecule has 1 aliphatic heterocycles.